The van der Waals surface area contributed by atoms with Gasteiger partial charge in [-0.25, -0.2) is 4.98 Å². The monoisotopic (exact) mass is 1480 g/mol. The standard InChI is InChI=1S/C69H120N20O16/c1-12-15-21-44(60(97)84-49(26-28-54(92)93)64(101)89-56(40(9)14-3)68(105)88-55(57(71)94)39(8)13-2)81-65(102)50(32-37(4)5)86-62(99)45(22-16-18-29-70)80-61(98)47(24-20-31-76-69(72)73)83-66(103)51(33-38(6)7)87-63(100)46-23-17-19-30-75-53(91)27-25-48(79-42(11)90)59(96)78-41(10)58(95)85-52(67(104)82-46)34-43-35-74-36-77-43/h35-41,44-52,55-56H,12-34,70H2,1-11H3,(H2,71,94)(H,74,77)(H,75,91)(H,78,96)(H,79,90)(H,80,98)(H,81,102)(H,82,104)(H,83,103)(H,84,97)(H,85,95)(H,86,99)(H,87,100)(H,88,105)(H,89,101)(H,92,93)(H4,72,73,76)/t39-,40-,41-,44-,45-,46-,47-,48-,49-,50-,51-,52-,55-,56-/m0/s1. The molecule has 0 saturated carbocycles. The zero-order valence-electron chi connectivity index (χ0n) is 62.9. The Morgan fingerprint density at radius 1 is 0.600 bits per heavy atom. The number of hydrogen-bond donors (Lipinski definition) is 19. The number of nitrogens with one attached hydrogen (secondary N) is 14. The van der Waals surface area contributed by atoms with Crippen LogP contribution in [0.5, 0.6) is 0 Å². The van der Waals surface area contributed by atoms with Gasteiger partial charge in [-0.2, -0.15) is 0 Å². The Kier molecular flexibility index (Phi) is 42.3. The van der Waals surface area contributed by atoms with Crippen LogP contribution in [0.2, 0.25) is 0 Å². The first-order chi connectivity index (χ1) is 49.5. The quantitative estimate of drug-likeness (QED) is 0.0188. The maximum Gasteiger partial charge on any atom is 0.303 e. The van der Waals surface area contributed by atoms with Crippen LogP contribution in [0.15, 0.2) is 17.5 Å². The maximum absolute atomic E-state index is 14.8. The minimum Gasteiger partial charge on any atom is -0.481 e. The molecule has 14 atom stereocenters. The smallest absolute Gasteiger partial charge is 0.303 e. The lowest BCUT2D eigenvalue weighted by Crippen LogP contribution is -2.61. The third-order valence-corrected chi connectivity index (χ3v) is 17.8. The first kappa shape index (κ1) is 91.6. The van der Waals surface area contributed by atoms with Gasteiger partial charge in [-0.3, -0.25) is 76.9 Å². The molecule has 0 radical (unpaired) electrons. The second kappa shape index (κ2) is 48.5. The van der Waals surface area contributed by atoms with Crippen LogP contribution in [0.1, 0.15) is 204 Å². The van der Waals surface area contributed by atoms with Gasteiger partial charge in [0.1, 0.15) is 72.5 Å². The number of aliphatic imine (C=N–C) groups is 1. The van der Waals surface area contributed by atoms with Crippen molar-refractivity contribution in [3.63, 3.8) is 0 Å². The molecule has 2 rings (SSSR count). The molecule has 1 aromatic heterocycles. The number of aromatic amines is 1. The molecule has 14 amide bonds. The van der Waals surface area contributed by atoms with E-state index >= 15 is 0 Å². The van der Waals surface area contributed by atoms with Gasteiger partial charge < -0.3 is 102 Å². The SMILES string of the molecule is CCCC[C@H](NC(=O)[C@H](CC(C)C)NC(=O)[C@H](CCCCN)NC(=O)[C@H](CCCN=C(N)N)NC(=O)[C@H](CC(C)C)NC(=O)[C@@H]1CCCCNC(=O)CC[C@H](NC(C)=O)C(=O)N[C@@H](C)C(=O)N[C@@H](Cc2cnc[nH]2)C(=O)N1)C(=O)N[C@@H](CCC(=O)O)C(=O)N[C@H](C(=O)N[C@H](C(N)=O)[C@@H](C)CC)[C@@H](C)CC. The third-order valence-electron chi connectivity index (χ3n) is 17.8. The lowest BCUT2D eigenvalue weighted by molar-refractivity contribution is -0.139. The highest BCUT2D eigenvalue weighted by Gasteiger charge is 2.38. The van der Waals surface area contributed by atoms with Crippen LogP contribution >= 0.6 is 0 Å². The van der Waals surface area contributed by atoms with Gasteiger partial charge in [-0.05, 0) is 121 Å². The van der Waals surface area contributed by atoms with Crippen molar-refractivity contribution < 1.29 is 77.0 Å². The summed E-state index contributed by atoms with van der Waals surface area (Å²) < 4.78 is 0. The normalized spacial score (nSPS) is 19.1. The molecular weight excluding hydrogens is 1360 g/mol. The minimum atomic E-state index is -1.55. The summed E-state index contributed by atoms with van der Waals surface area (Å²) in [5, 5.41) is 44.4. The zero-order valence-corrected chi connectivity index (χ0v) is 62.9. The van der Waals surface area contributed by atoms with Crippen LogP contribution in [0.4, 0.5) is 0 Å². The molecule has 2 heterocycles. The zero-order chi connectivity index (χ0) is 79.0. The molecule has 592 valence electrons. The Bertz CT molecular complexity index is 3060. The number of H-pyrrole nitrogens is 1. The summed E-state index contributed by atoms with van der Waals surface area (Å²) in [6.45, 7) is 18.8. The summed E-state index contributed by atoms with van der Waals surface area (Å²) in [5.41, 5.74) is 23.2. The van der Waals surface area contributed by atoms with Gasteiger partial charge in [0.15, 0.2) is 5.96 Å². The molecule has 1 aliphatic heterocycles. The molecule has 0 aromatic carbocycles. The Labute approximate surface area is 615 Å². The van der Waals surface area contributed by atoms with Gasteiger partial charge in [-0.15, -0.1) is 0 Å². The van der Waals surface area contributed by atoms with E-state index in [9.17, 15) is 77.0 Å². The minimum absolute atomic E-state index is 0.000537. The van der Waals surface area contributed by atoms with Crippen LogP contribution < -0.4 is 92.1 Å². The largest absolute Gasteiger partial charge is 0.481 e. The van der Waals surface area contributed by atoms with Crippen molar-refractivity contribution in [1.82, 2.24) is 79.1 Å². The van der Waals surface area contributed by atoms with Crippen molar-refractivity contribution in [2.24, 2.45) is 51.6 Å². The average Bonchev–Trinajstić information content (AvgIpc) is 1.66. The molecule has 1 fully saturated rings. The maximum atomic E-state index is 14.8. The number of aliphatic carboxylic acids is 1. The van der Waals surface area contributed by atoms with E-state index in [1.54, 1.807) is 55.4 Å². The first-order valence-electron chi connectivity index (χ1n) is 36.7. The number of primary amides is 1. The van der Waals surface area contributed by atoms with E-state index in [0.29, 0.717) is 37.8 Å². The number of guanidine groups is 1. The van der Waals surface area contributed by atoms with Crippen LogP contribution in [-0.4, -0.2) is 202 Å². The van der Waals surface area contributed by atoms with Crippen molar-refractivity contribution in [1.29, 1.82) is 0 Å². The molecule has 1 saturated heterocycles. The Hall–Kier alpha value is -9.51. The van der Waals surface area contributed by atoms with Crippen molar-refractivity contribution in [3.8, 4) is 0 Å². The summed E-state index contributed by atoms with van der Waals surface area (Å²) in [5.74, 6) is -14.0. The fourth-order valence-corrected chi connectivity index (χ4v) is 11.3. The topological polar surface area (TPSA) is 578 Å². The number of hydrogen-bond acceptors (Lipinski definition) is 18. The number of rotatable bonds is 42. The van der Waals surface area contributed by atoms with Crippen LogP contribution in [0, 0.1) is 23.7 Å². The second-order valence-corrected chi connectivity index (χ2v) is 27.9. The molecule has 36 nitrogen and oxygen atoms in total. The Balaban J connectivity index is 2.60. The number of aromatic nitrogens is 2. The lowest BCUT2D eigenvalue weighted by atomic mass is 9.94. The number of nitrogens with zero attached hydrogens (tertiary/aromatic N) is 2. The molecule has 0 bridgehead atoms. The van der Waals surface area contributed by atoms with E-state index < -0.39 is 180 Å². The Morgan fingerprint density at radius 2 is 1.11 bits per heavy atom. The number of amides is 14. The predicted molar refractivity (Wildman–Crippen MR) is 389 cm³/mol. The third kappa shape index (κ3) is 35.2. The van der Waals surface area contributed by atoms with Gasteiger partial charge in [-0.1, -0.05) is 88.0 Å². The van der Waals surface area contributed by atoms with E-state index in [4.69, 9.17) is 22.9 Å². The highest BCUT2D eigenvalue weighted by molar-refractivity contribution is 6.00. The number of carbonyl (C=O) groups is 15. The molecular formula is C69H120N20O16. The molecule has 0 aliphatic carbocycles. The molecule has 1 aromatic rings. The molecule has 0 unspecified atom stereocenters. The summed E-state index contributed by atoms with van der Waals surface area (Å²) in [4.78, 5) is 218. The van der Waals surface area contributed by atoms with Gasteiger partial charge in [0, 0.05) is 51.2 Å². The fraction of sp³-hybridized carbons (Fsp3) is 0.725. The van der Waals surface area contributed by atoms with E-state index in [0.717, 1.165) is 0 Å². The molecule has 36 heteroatoms. The van der Waals surface area contributed by atoms with Gasteiger partial charge in [0.25, 0.3) is 0 Å². The number of unbranched alkanes of at least 4 members (excludes halogenated alkanes) is 2. The van der Waals surface area contributed by atoms with Crippen LogP contribution in [0.3, 0.4) is 0 Å². The van der Waals surface area contributed by atoms with E-state index in [1.165, 1.54) is 26.4 Å². The number of nitrogens with two attached hydrogens (primary N) is 4. The highest BCUT2D eigenvalue weighted by atomic mass is 16.4. The fourth-order valence-electron chi connectivity index (χ4n) is 11.3. The average molecular weight is 1490 g/mol. The lowest BCUT2D eigenvalue weighted by Gasteiger charge is -2.30. The van der Waals surface area contributed by atoms with Gasteiger partial charge in [0.05, 0.1) is 6.33 Å². The number of carboxylic acid groups (broad SMARTS) is 1. The van der Waals surface area contributed by atoms with Crippen molar-refractivity contribution >= 4 is 94.6 Å². The summed E-state index contributed by atoms with van der Waals surface area (Å²) in [6.07, 6.45) is 4.12. The van der Waals surface area contributed by atoms with Gasteiger partial charge >= 0.3 is 5.97 Å². The van der Waals surface area contributed by atoms with E-state index in [-0.39, 0.29) is 127 Å². The molecule has 23 N–H and O–H groups in total. The van der Waals surface area contributed by atoms with Crippen molar-refractivity contribution in [2.45, 2.75) is 277 Å². The predicted octanol–water partition coefficient (Wildman–Crippen LogP) is -2.20. The van der Waals surface area contributed by atoms with Crippen LogP contribution in [-0.2, 0) is 78.3 Å². The van der Waals surface area contributed by atoms with Crippen molar-refractivity contribution in [3.05, 3.63) is 18.2 Å². The highest BCUT2D eigenvalue weighted by Crippen LogP contribution is 2.17. The Morgan fingerprint density at radius 3 is 1.62 bits per heavy atom. The second-order valence-electron chi connectivity index (χ2n) is 27.9. The summed E-state index contributed by atoms with van der Waals surface area (Å²) >= 11 is 0. The van der Waals surface area contributed by atoms with Crippen molar-refractivity contribution in [2.75, 3.05) is 19.6 Å². The van der Waals surface area contributed by atoms with Gasteiger partial charge in [0.2, 0.25) is 82.7 Å². The number of carbonyl (C=O) groups excluding carboxylic acids is 14. The van der Waals surface area contributed by atoms with Crippen LogP contribution in [0.25, 0.3) is 0 Å². The molecule has 105 heavy (non-hydrogen) atoms. The first-order valence-corrected chi connectivity index (χ1v) is 36.7. The summed E-state index contributed by atoms with van der Waals surface area (Å²) in [6, 6.07) is -16.0. The van der Waals surface area contributed by atoms with E-state index in [1.807, 2.05) is 6.92 Å². The molecule has 0 spiro atoms. The van der Waals surface area contributed by atoms with E-state index in [2.05, 4.69) is 84.1 Å². The number of carboxylic acids is 1. The summed E-state index contributed by atoms with van der Waals surface area (Å²) in [7, 11) is 0. The molecule has 1 aliphatic rings. The number of imidazole rings is 1.